The molecular formula is C21H25N3O2S. The van der Waals surface area contributed by atoms with E-state index in [0.29, 0.717) is 23.9 Å². The van der Waals surface area contributed by atoms with Crippen LogP contribution in [-0.4, -0.2) is 24.5 Å². The first-order valence-electron chi connectivity index (χ1n) is 9.63. The first-order chi connectivity index (χ1) is 13.1. The third-order valence-corrected chi connectivity index (χ3v) is 6.92. The molecule has 0 bridgehead atoms. The van der Waals surface area contributed by atoms with Gasteiger partial charge in [-0.3, -0.25) is 0 Å². The summed E-state index contributed by atoms with van der Waals surface area (Å²) >= 11 is 0. The zero-order valence-electron chi connectivity index (χ0n) is 15.3. The number of nitrogens with one attached hydrogen (secondary N) is 1. The van der Waals surface area contributed by atoms with Gasteiger partial charge in [0.2, 0.25) is 10.0 Å². The lowest BCUT2D eigenvalue weighted by molar-refractivity contribution is 0.443. The molecule has 0 radical (unpaired) electrons. The van der Waals surface area contributed by atoms with Crippen LogP contribution in [0.25, 0.3) is 11.0 Å². The summed E-state index contributed by atoms with van der Waals surface area (Å²) in [6.07, 6.45) is 8.04. The van der Waals surface area contributed by atoms with Crippen LogP contribution >= 0.6 is 0 Å². The molecule has 1 aliphatic carbocycles. The van der Waals surface area contributed by atoms with Crippen LogP contribution in [0.3, 0.4) is 0 Å². The number of aromatic nitrogens is 2. The van der Waals surface area contributed by atoms with Crippen LogP contribution in [0.4, 0.5) is 0 Å². The third kappa shape index (κ3) is 4.06. The van der Waals surface area contributed by atoms with Crippen molar-refractivity contribution >= 4 is 21.1 Å². The molecule has 142 valence electrons. The van der Waals surface area contributed by atoms with Crippen molar-refractivity contribution in [2.45, 2.75) is 49.5 Å². The van der Waals surface area contributed by atoms with Gasteiger partial charge in [-0.05, 0) is 48.6 Å². The van der Waals surface area contributed by atoms with Crippen LogP contribution < -0.4 is 4.72 Å². The van der Waals surface area contributed by atoms with E-state index in [9.17, 15) is 8.42 Å². The maximum atomic E-state index is 12.6. The SMILES string of the molecule is O=S(=O)(NCCn1cnc2ccccc21)c1ccc(C2CCCCC2)cc1. The second kappa shape index (κ2) is 7.82. The summed E-state index contributed by atoms with van der Waals surface area (Å²) < 4.78 is 29.8. The minimum absolute atomic E-state index is 0.326. The van der Waals surface area contributed by atoms with Gasteiger partial charge >= 0.3 is 0 Å². The molecule has 0 spiro atoms. The predicted molar refractivity (Wildman–Crippen MR) is 107 cm³/mol. The van der Waals surface area contributed by atoms with Gasteiger partial charge in [-0.1, -0.05) is 43.5 Å². The number of rotatable bonds is 6. The predicted octanol–water partition coefficient (Wildman–Crippen LogP) is 4.06. The molecule has 1 aromatic heterocycles. The van der Waals surface area contributed by atoms with Crippen molar-refractivity contribution in [1.82, 2.24) is 14.3 Å². The molecule has 0 aliphatic heterocycles. The lowest BCUT2D eigenvalue weighted by Gasteiger charge is -2.22. The van der Waals surface area contributed by atoms with Gasteiger partial charge in [0.15, 0.2) is 0 Å². The van der Waals surface area contributed by atoms with Crippen molar-refractivity contribution < 1.29 is 8.42 Å². The highest BCUT2D eigenvalue weighted by molar-refractivity contribution is 7.89. The first-order valence-corrected chi connectivity index (χ1v) is 11.1. The highest BCUT2D eigenvalue weighted by Gasteiger charge is 2.18. The van der Waals surface area contributed by atoms with Crippen molar-refractivity contribution in [3.8, 4) is 0 Å². The van der Waals surface area contributed by atoms with E-state index >= 15 is 0 Å². The van der Waals surface area contributed by atoms with Crippen molar-refractivity contribution in [2.75, 3.05) is 6.54 Å². The van der Waals surface area contributed by atoms with E-state index in [1.165, 1.54) is 37.7 Å². The summed E-state index contributed by atoms with van der Waals surface area (Å²) in [4.78, 5) is 4.66. The average Bonchev–Trinajstić information content (AvgIpc) is 3.12. The topological polar surface area (TPSA) is 64.0 Å². The summed E-state index contributed by atoms with van der Waals surface area (Å²) in [7, 11) is -3.50. The zero-order chi connectivity index (χ0) is 18.7. The Balaban J connectivity index is 1.39. The number of imidazole rings is 1. The lowest BCUT2D eigenvalue weighted by atomic mass is 9.84. The van der Waals surface area contributed by atoms with E-state index < -0.39 is 10.0 Å². The maximum absolute atomic E-state index is 12.6. The van der Waals surface area contributed by atoms with Gasteiger partial charge in [-0.15, -0.1) is 0 Å². The van der Waals surface area contributed by atoms with Crippen LogP contribution in [0.1, 0.15) is 43.6 Å². The molecule has 0 unspecified atom stereocenters. The minimum Gasteiger partial charge on any atom is -0.329 e. The minimum atomic E-state index is -3.50. The number of sulfonamides is 1. The highest BCUT2D eigenvalue weighted by Crippen LogP contribution is 2.32. The Kier molecular flexibility index (Phi) is 5.27. The smallest absolute Gasteiger partial charge is 0.240 e. The van der Waals surface area contributed by atoms with Gasteiger partial charge in [0.1, 0.15) is 0 Å². The fraction of sp³-hybridized carbons (Fsp3) is 0.381. The summed E-state index contributed by atoms with van der Waals surface area (Å²) in [5.41, 5.74) is 3.19. The summed E-state index contributed by atoms with van der Waals surface area (Å²) in [5, 5.41) is 0. The Morgan fingerprint density at radius 1 is 1.00 bits per heavy atom. The lowest BCUT2D eigenvalue weighted by Crippen LogP contribution is -2.27. The summed E-state index contributed by atoms with van der Waals surface area (Å²) in [6.45, 7) is 0.868. The summed E-state index contributed by atoms with van der Waals surface area (Å²) in [5.74, 6) is 0.581. The van der Waals surface area contributed by atoms with Crippen LogP contribution in [0.2, 0.25) is 0 Å². The van der Waals surface area contributed by atoms with E-state index in [1.54, 1.807) is 18.5 Å². The fourth-order valence-electron chi connectivity index (χ4n) is 3.93. The van der Waals surface area contributed by atoms with E-state index in [2.05, 4.69) is 9.71 Å². The first kappa shape index (κ1) is 18.2. The molecule has 5 nitrogen and oxygen atoms in total. The van der Waals surface area contributed by atoms with Crippen LogP contribution in [0.5, 0.6) is 0 Å². The molecule has 1 fully saturated rings. The molecule has 4 rings (SSSR count). The van der Waals surface area contributed by atoms with E-state index in [0.717, 1.165) is 11.0 Å². The van der Waals surface area contributed by atoms with Crippen molar-refractivity contribution in [3.63, 3.8) is 0 Å². The van der Waals surface area contributed by atoms with E-state index in [1.807, 2.05) is 41.0 Å². The molecule has 6 heteroatoms. The molecule has 0 atom stereocenters. The standard InChI is InChI=1S/C21H25N3O2S/c25-27(26,19-12-10-18(11-13-19)17-6-2-1-3-7-17)23-14-15-24-16-22-20-8-4-5-9-21(20)24/h4-5,8-13,16-17,23H,1-3,6-7,14-15H2. The fourth-order valence-corrected chi connectivity index (χ4v) is 4.95. The van der Waals surface area contributed by atoms with Crippen molar-refractivity contribution in [3.05, 3.63) is 60.4 Å². The molecule has 0 amide bonds. The van der Waals surface area contributed by atoms with E-state index in [-0.39, 0.29) is 0 Å². The van der Waals surface area contributed by atoms with Gasteiger partial charge in [-0.2, -0.15) is 0 Å². The van der Waals surface area contributed by atoms with Gasteiger partial charge in [0.05, 0.1) is 22.3 Å². The molecular weight excluding hydrogens is 358 g/mol. The van der Waals surface area contributed by atoms with Crippen LogP contribution in [-0.2, 0) is 16.6 Å². The average molecular weight is 384 g/mol. The van der Waals surface area contributed by atoms with Gasteiger partial charge < -0.3 is 4.57 Å². The molecule has 3 aromatic rings. The normalized spacial score (nSPS) is 16.0. The molecule has 1 heterocycles. The number of hydrogen-bond acceptors (Lipinski definition) is 3. The highest BCUT2D eigenvalue weighted by atomic mass is 32.2. The number of hydrogen-bond donors (Lipinski definition) is 1. The monoisotopic (exact) mass is 383 g/mol. The van der Waals surface area contributed by atoms with Gasteiger partial charge in [-0.25, -0.2) is 18.1 Å². The van der Waals surface area contributed by atoms with Gasteiger partial charge in [0, 0.05) is 13.1 Å². The van der Waals surface area contributed by atoms with Gasteiger partial charge in [0.25, 0.3) is 0 Å². The molecule has 0 saturated heterocycles. The van der Waals surface area contributed by atoms with Crippen molar-refractivity contribution in [1.29, 1.82) is 0 Å². The molecule has 1 saturated carbocycles. The van der Waals surface area contributed by atoms with Crippen LogP contribution in [0.15, 0.2) is 59.8 Å². The zero-order valence-corrected chi connectivity index (χ0v) is 16.2. The molecule has 2 aromatic carbocycles. The number of benzene rings is 2. The number of fused-ring (bicyclic) bond motifs is 1. The Morgan fingerprint density at radius 3 is 2.52 bits per heavy atom. The second-order valence-electron chi connectivity index (χ2n) is 7.23. The largest absolute Gasteiger partial charge is 0.329 e. The summed E-state index contributed by atoms with van der Waals surface area (Å²) in [6, 6.07) is 15.3. The molecule has 27 heavy (non-hydrogen) atoms. The Labute approximate surface area is 160 Å². The number of para-hydroxylation sites is 2. The second-order valence-corrected chi connectivity index (χ2v) is 9.00. The number of nitrogens with zero attached hydrogens (tertiary/aromatic N) is 2. The van der Waals surface area contributed by atoms with Crippen molar-refractivity contribution in [2.24, 2.45) is 0 Å². The Morgan fingerprint density at radius 2 is 1.74 bits per heavy atom. The Bertz CT molecular complexity index is 1000. The Hall–Kier alpha value is -2.18. The van der Waals surface area contributed by atoms with E-state index in [4.69, 9.17) is 0 Å². The molecule has 1 aliphatic rings. The third-order valence-electron chi connectivity index (χ3n) is 5.44. The molecule has 1 N–H and O–H groups in total. The quantitative estimate of drug-likeness (QED) is 0.698. The van der Waals surface area contributed by atoms with Crippen LogP contribution in [0, 0.1) is 0 Å². The maximum Gasteiger partial charge on any atom is 0.240 e.